The maximum absolute atomic E-state index is 11.5. The van der Waals surface area contributed by atoms with Gasteiger partial charge in [0.25, 0.3) is 5.91 Å². The Morgan fingerprint density at radius 2 is 2.12 bits per heavy atom. The lowest BCUT2D eigenvalue weighted by molar-refractivity contribution is -0.117. The summed E-state index contributed by atoms with van der Waals surface area (Å²) in [7, 11) is 0. The van der Waals surface area contributed by atoms with Gasteiger partial charge < -0.3 is 16.2 Å². The third kappa shape index (κ3) is 3.27. The second kappa shape index (κ2) is 5.16. The summed E-state index contributed by atoms with van der Waals surface area (Å²) in [6, 6.07) is 4.76. The standard InChI is InChI=1S/C11H14N2O3/c1-7-2-3-8(9(14)6-7)11(16)13-5-4-10(12)15/h2-3,6,14H,4-5H2,1H3,(H2,12,15)(H,13,16). The highest BCUT2D eigenvalue weighted by Crippen LogP contribution is 2.17. The third-order valence-corrected chi connectivity index (χ3v) is 2.05. The number of nitrogens with two attached hydrogens (primary N) is 1. The predicted octanol–water partition coefficient (Wildman–Crippen LogP) is 0.306. The number of benzene rings is 1. The Balaban J connectivity index is 2.63. The summed E-state index contributed by atoms with van der Waals surface area (Å²) in [5, 5.41) is 12.0. The Morgan fingerprint density at radius 3 is 2.69 bits per heavy atom. The Bertz CT molecular complexity index is 416. The van der Waals surface area contributed by atoms with Crippen molar-refractivity contribution in [2.75, 3.05) is 6.54 Å². The zero-order valence-corrected chi connectivity index (χ0v) is 8.99. The number of aromatic hydroxyl groups is 1. The summed E-state index contributed by atoms with van der Waals surface area (Å²) in [6.07, 6.45) is 0.0817. The van der Waals surface area contributed by atoms with E-state index in [1.807, 2.05) is 6.92 Å². The van der Waals surface area contributed by atoms with Crippen LogP contribution in [0, 0.1) is 6.92 Å². The summed E-state index contributed by atoms with van der Waals surface area (Å²) >= 11 is 0. The number of carbonyl (C=O) groups excluding carboxylic acids is 2. The molecule has 2 amide bonds. The molecule has 0 bridgehead atoms. The summed E-state index contributed by atoms with van der Waals surface area (Å²) < 4.78 is 0. The molecule has 0 radical (unpaired) electrons. The van der Waals surface area contributed by atoms with Gasteiger partial charge in [0.1, 0.15) is 5.75 Å². The minimum absolute atomic E-state index is 0.0726. The number of aryl methyl sites for hydroxylation is 1. The van der Waals surface area contributed by atoms with Crippen molar-refractivity contribution >= 4 is 11.8 Å². The van der Waals surface area contributed by atoms with E-state index in [9.17, 15) is 14.7 Å². The van der Waals surface area contributed by atoms with Crippen LogP contribution in [-0.2, 0) is 4.79 Å². The lowest BCUT2D eigenvalue weighted by atomic mass is 10.1. The monoisotopic (exact) mass is 222 g/mol. The van der Waals surface area contributed by atoms with Crippen LogP contribution in [0.4, 0.5) is 0 Å². The van der Waals surface area contributed by atoms with Crippen molar-refractivity contribution < 1.29 is 14.7 Å². The maximum atomic E-state index is 11.5. The number of primary amides is 1. The first kappa shape index (κ1) is 12.0. The van der Waals surface area contributed by atoms with Crippen molar-refractivity contribution in [1.29, 1.82) is 0 Å². The molecule has 0 saturated carbocycles. The van der Waals surface area contributed by atoms with Crippen molar-refractivity contribution in [3.05, 3.63) is 29.3 Å². The maximum Gasteiger partial charge on any atom is 0.255 e. The van der Waals surface area contributed by atoms with Gasteiger partial charge in [-0.25, -0.2) is 0 Å². The van der Waals surface area contributed by atoms with Crippen molar-refractivity contribution in [3.63, 3.8) is 0 Å². The number of rotatable bonds is 4. The van der Waals surface area contributed by atoms with E-state index in [2.05, 4.69) is 5.32 Å². The molecular formula is C11H14N2O3. The molecule has 1 aromatic rings. The van der Waals surface area contributed by atoms with Crippen LogP contribution in [0.15, 0.2) is 18.2 Å². The lowest BCUT2D eigenvalue weighted by Crippen LogP contribution is -2.27. The first-order chi connectivity index (χ1) is 7.50. The first-order valence-electron chi connectivity index (χ1n) is 4.87. The number of hydrogen-bond donors (Lipinski definition) is 3. The molecule has 16 heavy (non-hydrogen) atoms. The van der Waals surface area contributed by atoms with Gasteiger partial charge >= 0.3 is 0 Å². The van der Waals surface area contributed by atoms with E-state index < -0.39 is 11.8 Å². The largest absolute Gasteiger partial charge is 0.507 e. The van der Waals surface area contributed by atoms with E-state index in [1.165, 1.54) is 12.1 Å². The molecule has 0 aliphatic carbocycles. The van der Waals surface area contributed by atoms with Crippen LogP contribution in [0.25, 0.3) is 0 Å². The fourth-order valence-corrected chi connectivity index (χ4v) is 1.23. The fourth-order valence-electron chi connectivity index (χ4n) is 1.23. The number of amides is 2. The average Bonchev–Trinajstić information content (AvgIpc) is 2.16. The van der Waals surface area contributed by atoms with E-state index in [0.29, 0.717) is 0 Å². The molecule has 0 aromatic heterocycles. The number of phenolic OH excluding ortho intramolecular Hbond substituents is 1. The minimum atomic E-state index is -0.478. The summed E-state index contributed by atoms with van der Waals surface area (Å²) in [4.78, 5) is 22.0. The van der Waals surface area contributed by atoms with E-state index in [-0.39, 0.29) is 24.3 Å². The molecule has 0 spiro atoms. The van der Waals surface area contributed by atoms with Crippen LogP contribution >= 0.6 is 0 Å². The zero-order valence-electron chi connectivity index (χ0n) is 8.99. The van der Waals surface area contributed by atoms with Gasteiger partial charge in [0.05, 0.1) is 5.56 Å². The normalized spacial score (nSPS) is 9.81. The molecule has 0 atom stereocenters. The lowest BCUT2D eigenvalue weighted by Gasteiger charge is -2.06. The molecule has 0 heterocycles. The van der Waals surface area contributed by atoms with E-state index >= 15 is 0 Å². The van der Waals surface area contributed by atoms with Gasteiger partial charge in [0, 0.05) is 13.0 Å². The van der Waals surface area contributed by atoms with Gasteiger partial charge in [-0.3, -0.25) is 9.59 Å². The molecule has 0 aliphatic heterocycles. The molecular weight excluding hydrogens is 208 g/mol. The Hall–Kier alpha value is -2.04. The summed E-state index contributed by atoms with van der Waals surface area (Å²) in [6.45, 7) is 1.98. The van der Waals surface area contributed by atoms with Gasteiger partial charge in [-0.15, -0.1) is 0 Å². The molecule has 0 fully saturated rings. The van der Waals surface area contributed by atoms with E-state index in [1.54, 1.807) is 6.07 Å². The average molecular weight is 222 g/mol. The van der Waals surface area contributed by atoms with Crippen LogP contribution < -0.4 is 11.1 Å². The zero-order chi connectivity index (χ0) is 12.1. The van der Waals surface area contributed by atoms with Crippen LogP contribution in [0.1, 0.15) is 22.3 Å². The van der Waals surface area contributed by atoms with Crippen molar-refractivity contribution in [2.24, 2.45) is 5.73 Å². The smallest absolute Gasteiger partial charge is 0.255 e. The topological polar surface area (TPSA) is 92.4 Å². The summed E-state index contributed by atoms with van der Waals surface area (Å²) in [5.41, 5.74) is 5.98. The molecule has 5 nitrogen and oxygen atoms in total. The molecule has 0 unspecified atom stereocenters. The van der Waals surface area contributed by atoms with Crippen LogP contribution in [0.3, 0.4) is 0 Å². The highest BCUT2D eigenvalue weighted by molar-refractivity contribution is 5.97. The van der Waals surface area contributed by atoms with Crippen LogP contribution in [-0.4, -0.2) is 23.5 Å². The highest BCUT2D eigenvalue weighted by Gasteiger charge is 2.10. The Labute approximate surface area is 93.3 Å². The SMILES string of the molecule is Cc1ccc(C(=O)NCCC(N)=O)c(O)c1. The fraction of sp³-hybridized carbons (Fsp3) is 0.273. The first-order valence-corrected chi connectivity index (χ1v) is 4.87. The molecule has 0 saturated heterocycles. The third-order valence-electron chi connectivity index (χ3n) is 2.05. The number of phenols is 1. The van der Waals surface area contributed by atoms with E-state index in [0.717, 1.165) is 5.56 Å². The Kier molecular flexibility index (Phi) is 3.88. The van der Waals surface area contributed by atoms with Crippen molar-refractivity contribution in [1.82, 2.24) is 5.32 Å². The molecule has 0 aliphatic rings. The quantitative estimate of drug-likeness (QED) is 0.684. The van der Waals surface area contributed by atoms with Gasteiger partial charge in [-0.1, -0.05) is 6.07 Å². The minimum Gasteiger partial charge on any atom is -0.507 e. The highest BCUT2D eigenvalue weighted by atomic mass is 16.3. The van der Waals surface area contributed by atoms with Crippen molar-refractivity contribution in [3.8, 4) is 5.75 Å². The Morgan fingerprint density at radius 1 is 1.44 bits per heavy atom. The van der Waals surface area contributed by atoms with Crippen LogP contribution in [0.2, 0.25) is 0 Å². The summed E-state index contributed by atoms with van der Waals surface area (Å²) in [5.74, 6) is -0.969. The van der Waals surface area contributed by atoms with Crippen molar-refractivity contribution in [2.45, 2.75) is 13.3 Å². The second-order valence-electron chi connectivity index (χ2n) is 3.49. The molecule has 4 N–H and O–H groups in total. The van der Waals surface area contributed by atoms with Gasteiger partial charge in [-0.2, -0.15) is 0 Å². The number of hydrogen-bond acceptors (Lipinski definition) is 3. The molecule has 5 heteroatoms. The van der Waals surface area contributed by atoms with Gasteiger partial charge in [0.2, 0.25) is 5.91 Å². The van der Waals surface area contributed by atoms with Crippen LogP contribution in [0.5, 0.6) is 5.75 Å². The molecule has 1 rings (SSSR count). The number of carbonyl (C=O) groups is 2. The van der Waals surface area contributed by atoms with E-state index in [4.69, 9.17) is 5.73 Å². The molecule has 1 aromatic carbocycles. The van der Waals surface area contributed by atoms with Gasteiger partial charge in [-0.05, 0) is 24.6 Å². The molecule has 86 valence electrons. The number of nitrogens with one attached hydrogen (secondary N) is 1. The predicted molar refractivity (Wildman–Crippen MR) is 59.0 cm³/mol. The second-order valence-corrected chi connectivity index (χ2v) is 3.49. The van der Waals surface area contributed by atoms with Gasteiger partial charge in [0.15, 0.2) is 0 Å².